The monoisotopic (exact) mass is 420 g/mol. The van der Waals surface area contributed by atoms with Crippen LogP contribution < -0.4 is 0 Å². The number of rotatable bonds is 4. The Morgan fingerprint density at radius 3 is 2.44 bits per heavy atom. The molecule has 0 radical (unpaired) electrons. The number of aromatic nitrogens is 2. The molecule has 5 nitrogen and oxygen atoms in total. The Balaban J connectivity index is 2.13. The number of hydrogen-bond acceptors (Lipinski definition) is 3. The zero-order valence-electron chi connectivity index (χ0n) is 13.7. The second-order valence-electron chi connectivity index (χ2n) is 5.74. The summed E-state index contributed by atoms with van der Waals surface area (Å²) in [6, 6.07) is 4.90. The second-order valence-corrected chi connectivity index (χ2v) is 8.22. The second kappa shape index (κ2) is 6.77. The highest BCUT2D eigenvalue weighted by molar-refractivity contribution is 7.90. The van der Waals surface area contributed by atoms with Crippen LogP contribution in [0.3, 0.4) is 0 Å². The molecule has 0 aliphatic heterocycles. The molecule has 0 saturated heterocycles. The van der Waals surface area contributed by atoms with Crippen LogP contribution in [-0.4, -0.2) is 31.1 Å². The molecule has 0 fully saturated rings. The molecule has 1 N–H and O–H groups in total. The maximum Gasteiger partial charge on any atom is 0.409 e. The maximum absolute atomic E-state index is 13.7. The molecular formula is C16H13ClF4N4OS. The fourth-order valence-electron chi connectivity index (χ4n) is 2.68. The van der Waals surface area contributed by atoms with Crippen LogP contribution in [0.15, 0.2) is 53.8 Å². The van der Waals surface area contributed by atoms with E-state index in [9.17, 15) is 21.8 Å². The molecule has 11 heteroatoms. The van der Waals surface area contributed by atoms with Crippen molar-refractivity contribution in [2.45, 2.75) is 17.2 Å². The SMILES string of the molecule is CN([C@H](c1ccc(Cl)cc1)C(F)(F)F)S(=N)(=O)c1cnc2ccc(F)cn12. The summed E-state index contributed by atoms with van der Waals surface area (Å²) in [5.74, 6) is -0.704. The Hall–Kier alpha value is -2.17. The van der Waals surface area contributed by atoms with Gasteiger partial charge in [-0.2, -0.15) is 17.5 Å². The molecule has 1 aromatic carbocycles. The summed E-state index contributed by atoms with van der Waals surface area (Å²) in [6.45, 7) is 0. The van der Waals surface area contributed by atoms with E-state index in [1.165, 1.54) is 18.2 Å². The highest BCUT2D eigenvalue weighted by atomic mass is 35.5. The number of fused-ring (bicyclic) bond motifs is 1. The number of hydrogen-bond donors (Lipinski definition) is 1. The van der Waals surface area contributed by atoms with Gasteiger partial charge in [0.05, 0.1) is 6.20 Å². The van der Waals surface area contributed by atoms with Gasteiger partial charge in [-0.3, -0.25) is 4.40 Å². The van der Waals surface area contributed by atoms with E-state index in [0.29, 0.717) is 4.31 Å². The van der Waals surface area contributed by atoms with Crippen LogP contribution in [0, 0.1) is 10.6 Å². The first-order valence-electron chi connectivity index (χ1n) is 7.48. The molecular weight excluding hydrogens is 408 g/mol. The van der Waals surface area contributed by atoms with Gasteiger partial charge in [0.15, 0.2) is 14.9 Å². The van der Waals surface area contributed by atoms with Crippen molar-refractivity contribution in [1.29, 1.82) is 4.78 Å². The molecule has 0 spiro atoms. The topological polar surface area (TPSA) is 61.5 Å². The molecule has 3 aromatic rings. The fourth-order valence-corrected chi connectivity index (χ4v) is 4.25. The van der Waals surface area contributed by atoms with Gasteiger partial charge in [0, 0.05) is 18.3 Å². The van der Waals surface area contributed by atoms with Crippen LogP contribution in [0.25, 0.3) is 5.65 Å². The third kappa shape index (κ3) is 3.64. The molecule has 0 saturated carbocycles. The van der Waals surface area contributed by atoms with Gasteiger partial charge < -0.3 is 0 Å². The van der Waals surface area contributed by atoms with Crippen molar-refractivity contribution in [2.75, 3.05) is 7.05 Å². The highest BCUT2D eigenvalue weighted by Crippen LogP contribution is 2.40. The lowest BCUT2D eigenvalue weighted by Crippen LogP contribution is -2.39. The third-order valence-corrected chi connectivity index (χ3v) is 6.13. The molecule has 2 atom stereocenters. The lowest BCUT2D eigenvalue weighted by Gasteiger charge is -2.31. The summed E-state index contributed by atoms with van der Waals surface area (Å²) in [7, 11) is -3.23. The summed E-state index contributed by atoms with van der Waals surface area (Å²) >= 11 is 5.73. The Bertz CT molecular complexity index is 1080. The Labute approximate surface area is 157 Å². The molecule has 2 heterocycles. The van der Waals surface area contributed by atoms with Gasteiger partial charge in [0.1, 0.15) is 17.5 Å². The first-order chi connectivity index (χ1) is 12.5. The number of nitrogens with one attached hydrogen (secondary N) is 1. The van der Waals surface area contributed by atoms with Gasteiger partial charge in [-0.15, -0.1) is 0 Å². The van der Waals surface area contributed by atoms with Gasteiger partial charge >= 0.3 is 6.18 Å². The first kappa shape index (κ1) is 19.6. The first-order valence-corrected chi connectivity index (χ1v) is 9.37. The van der Waals surface area contributed by atoms with Crippen LogP contribution in [0.5, 0.6) is 0 Å². The smallest absolute Gasteiger partial charge is 0.288 e. The van der Waals surface area contributed by atoms with Crippen LogP contribution in [-0.2, 0) is 9.92 Å². The van der Waals surface area contributed by atoms with Crippen molar-refractivity contribution >= 4 is 27.2 Å². The van der Waals surface area contributed by atoms with Gasteiger partial charge in [0.2, 0.25) is 0 Å². The van der Waals surface area contributed by atoms with Gasteiger partial charge in [-0.05, 0) is 29.8 Å². The molecule has 144 valence electrons. The average Bonchev–Trinajstić information content (AvgIpc) is 2.99. The summed E-state index contributed by atoms with van der Waals surface area (Å²) in [6.07, 6.45) is -2.89. The Morgan fingerprint density at radius 2 is 1.85 bits per heavy atom. The zero-order chi connectivity index (χ0) is 20.0. The number of alkyl halides is 3. The van der Waals surface area contributed by atoms with Crippen molar-refractivity contribution in [3.8, 4) is 0 Å². The number of halogens is 5. The van der Waals surface area contributed by atoms with Crippen LogP contribution in [0.4, 0.5) is 17.6 Å². The van der Waals surface area contributed by atoms with Crippen molar-refractivity contribution in [2.24, 2.45) is 0 Å². The molecule has 27 heavy (non-hydrogen) atoms. The summed E-state index contributed by atoms with van der Waals surface area (Å²) in [4.78, 5) is 3.89. The van der Waals surface area contributed by atoms with Crippen molar-refractivity contribution in [3.05, 3.63) is 65.2 Å². The van der Waals surface area contributed by atoms with Crippen molar-refractivity contribution in [1.82, 2.24) is 13.7 Å². The lowest BCUT2D eigenvalue weighted by molar-refractivity contribution is -0.170. The summed E-state index contributed by atoms with van der Waals surface area (Å²) in [5.41, 5.74) is -0.0656. The van der Waals surface area contributed by atoms with Crippen LogP contribution in [0.2, 0.25) is 5.02 Å². The third-order valence-electron chi connectivity index (χ3n) is 3.98. The van der Waals surface area contributed by atoms with E-state index in [0.717, 1.165) is 42.0 Å². The van der Waals surface area contributed by atoms with E-state index in [2.05, 4.69) is 4.98 Å². The molecule has 0 bridgehead atoms. The minimum Gasteiger partial charge on any atom is -0.288 e. The molecule has 2 aromatic heterocycles. The molecule has 0 aliphatic rings. The van der Waals surface area contributed by atoms with E-state index in [4.69, 9.17) is 16.4 Å². The van der Waals surface area contributed by atoms with Crippen LogP contribution >= 0.6 is 11.6 Å². The van der Waals surface area contributed by atoms with E-state index in [-0.39, 0.29) is 21.3 Å². The number of nitrogens with zero attached hydrogens (tertiary/aromatic N) is 3. The largest absolute Gasteiger partial charge is 0.409 e. The fraction of sp³-hybridized carbons (Fsp3) is 0.188. The normalized spacial score (nSPS) is 15.8. The standard InChI is InChI=1S/C16H13ClF4N4OS/c1-24(15(16(19,20)21)10-2-4-11(17)5-3-10)27(22,26)14-8-23-13-7-6-12(18)9-25(13)14/h2-9,15,22H,1H3/t15-,27?/m1/s1. The van der Waals surface area contributed by atoms with E-state index < -0.39 is 28.0 Å². The average molecular weight is 421 g/mol. The van der Waals surface area contributed by atoms with Crippen molar-refractivity contribution in [3.63, 3.8) is 0 Å². The number of imidazole rings is 1. The van der Waals surface area contributed by atoms with Crippen LogP contribution in [0.1, 0.15) is 11.6 Å². The summed E-state index contributed by atoms with van der Waals surface area (Å²) in [5, 5.41) is -0.117. The lowest BCUT2D eigenvalue weighted by atomic mass is 10.1. The molecule has 0 amide bonds. The van der Waals surface area contributed by atoms with E-state index in [1.54, 1.807) is 0 Å². The highest BCUT2D eigenvalue weighted by Gasteiger charge is 2.47. The molecule has 0 aliphatic carbocycles. The summed E-state index contributed by atoms with van der Waals surface area (Å²) < 4.78 is 77.4. The Morgan fingerprint density at radius 1 is 1.22 bits per heavy atom. The maximum atomic E-state index is 13.7. The Kier molecular flexibility index (Phi) is 4.91. The van der Waals surface area contributed by atoms with E-state index >= 15 is 0 Å². The minimum atomic E-state index is -4.82. The van der Waals surface area contributed by atoms with Gasteiger partial charge in [0.25, 0.3) is 0 Å². The number of pyridine rings is 1. The minimum absolute atomic E-state index is 0.162. The predicted molar refractivity (Wildman–Crippen MR) is 92.3 cm³/mol. The zero-order valence-corrected chi connectivity index (χ0v) is 15.3. The predicted octanol–water partition coefficient (Wildman–Crippen LogP) is 4.68. The van der Waals surface area contributed by atoms with Crippen molar-refractivity contribution < 1.29 is 21.8 Å². The molecule has 1 unspecified atom stereocenters. The quantitative estimate of drug-likeness (QED) is 0.623. The van der Waals surface area contributed by atoms with E-state index in [1.807, 2.05) is 0 Å². The number of benzene rings is 1. The molecule has 3 rings (SSSR count). The van der Waals surface area contributed by atoms with Gasteiger partial charge in [-0.1, -0.05) is 23.7 Å². The van der Waals surface area contributed by atoms with Gasteiger partial charge in [-0.25, -0.2) is 18.4 Å².